The molecule has 2 unspecified atom stereocenters. The van der Waals surface area contributed by atoms with Crippen LogP contribution in [0.5, 0.6) is 0 Å². The van der Waals surface area contributed by atoms with Crippen LogP contribution in [0.4, 0.5) is 0 Å². The lowest BCUT2D eigenvalue weighted by atomic mass is 10.1. The fourth-order valence-electron chi connectivity index (χ4n) is 3.45. The molecule has 0 fully saturated rings. The summed E-state index contributed by atoms with van der Waals surface area (Å²) in [7, 11) is 0. The van der Waals surface area contributed by atoms with E-state index in [9.17, 15) is 19.2 Å². The molecule has 7 heteroatoms. The Bertz CT molecular complexity index is 1000. The Morgan fingerprint density at radius 3 is 2.39 bits per heavy atom. The third-order valence-corrected chi connectivity index (χ3v) is 5.22. The fraction of sp³-hybridized carbons (Fsp3) is 0.333. The first kappa shape index (κ1) is 22.2. The third kappa shape index (κ3) is 5.17. The summed E-state index contributed by atoms with van der Waals surface area (Å²) in [6, 6.07) is 14.4. The van der Waals surface area contributed by atoms with Crippen molar-refractivity contribution in [2.45, 2.75) is 45.8 Å². The van der Waals surface area contributed by atoms with Crippen LogP contribution in [-0.4, -0.2) is 41.2 Å². The lowest BCUT2D eigenvalue weighted by Crippen LogP contribution is -2.37. The molecule has 0 spiro atoms. The van der Waals surface area contributed by atoms with Crippen molar-refractivity contribution in [1.29, 1.82) is 0 Å². The number of carbonyl (C=O) groups is 4. The number of imide groups is 1. The molecular weight excluding hydrogens is 396 g/mol. The van der Waals surface area contributed by atoms with E-state index in [4.69, 9.17) is 4.74 Å². The maximum atomic E-state index is 12.5. The highest BCUT2D eigenvalue weighted by Gasteiger charge is 2.35. The highest BCUT2D eigenvalue weighted by Crippen LogP contribution is 2.24. The van der Waals surface area contributed by atoms with Crippen molar-refractivity contribution in [2.75, 3.05) is 6.54 Å². The Morgan fingerprint density at radius 2 is 1.68 bits per heavy atom. The molecule has 162 valence electrons. The fourth-order valence-corrected chi connectivity index (χ4v) is 3.45. The van der Waals surface area contributed by atoms with Gasteiger partial charge in [0.2, 0.25) is 0 Å². The normalized spacial score (nSPS) is 14.7. The van der Waals surface area contributed by atoms with Gasteiger partial charge in [-0.1, -0.05) is 42.0 Å². The summed E-state index contributed by atoms with van der Waals surface area (Å²) < 4.78 is 5.21. The highest BCUT2D eigenvalue weighted by molar-refractivity contribution is 6.21. The average Bonchev–Trinajstić information content (AvgIpc) is 2.98. The molecule has 1 aliphatic heterocycles. The molecule has 2 atom stereocenters. The van der Waals surface area contributed by atoms with Crippen LogP contribution in [0.1, 0.15) is 64.6 Å². The van der Waals surface area contributed by atoms with Crippen molar-refractivity contribution in [1.82, 2.24) is 10.2 Å². The van der Waals surface area contributed by atoms with E-state index >= 15 is 0 Å². The standard InChI is InChI=1S/C24H26N2O5/c1-15-11-12-19-20(14-15)24(30)26(23(19)29)13-7-10-21(27)31-17(3)22(28)25-16(2)18-8-5-4-6-9-18/h4-6,8-9,11-12,14,16-17H,7,10,13H2,1-3H3,(H,25,28). The number of nitrogens with zero attached hydrogens (tertiary/aromatic N) is 1. The van der Waals surface area contributed by atoms with E-state index in [0.29, 0.717) is 11.1 Å². The van der Waals surface area contributed by atoms with Gasteiger partial charge < -0.3 is 10.1 Å². The van der Waals surface area contributed by atoms with Gasteiger partial charge in [-0.2, -0.15) is 0 Å². The van der Waals surface area contributed by atoms with Crippen LogP contribution in [0.2, 0.25) is 0 Å². The van der Waals surface area contributed by atoms with Gasteiger partial charge in [0.05, 0.1) is 17.2 Å². The van der Waals surface area contributed by atoms with Gasteiger partial charge in [-0.25, -0.2) is 0 Å². The highest BCUT2D eigenvalue weighted by atomic mass is 16.5. The smallest absolute Gasteiger partial charge is 0.306 e. The molecule has 0 bridgehead atoms. The van der Waals surface area contributed by atoms with Crippen LogP contribution < -0.4 is 5.32 Å². The van der Waals surface area contributed by atoms with Crippen LogP contribution in [0.3, 0.4) is 0 Å². The van der Waals surface area contributed by atoms with E-state index < -0.39 is 12.1 Å². The van der Waals surface area contributed by atoms with E-state index in [0.717, 1.165) is 16.0 Å². The Hall–Kier alpha value is -3.48. The van der Waals surface area contributed by atoms with Crippen LogP contribution in [0.15, 0.2) is 48.5 Å². The van der Waals surface area contributed by atoms with Crippen LogP contribution in [0.25, 0.3) is 0 Å². The average molecular weight is 422 g/mol. The number of hydrogen-bond donors (Lipinski definition) is 1. The molecule has 0 aromatic heterocycles. The zero-order valence-corrected chi connectivity index (χ0v) is 17.9. The molecule has 2 aromatic carbocycles. The summed E-state index contributed by atoms with van der Waals surface area (Å²) in [4.78, 5) is 50.4. The number of amides is 3. The van der Waals surface area contributed by atoms with Crippen LogP contribution in [-0.2, 0) is 14.3 Å². The van der Waals surface area contributed by atoms with Crippen molar-refractivity contribution < 1.29 is 23.9 Å². The number of rotatable bonds is 8. The Morgan fingerprint density at radius 1 is 1.00 bits per heavy atom. The summed E-state index contributed by atoms with van der Waals surface area (Å²) in [5.41, 5.74) is 2.63. The predicted octanol–water partition coefficient (Wildman–Crippen LogP) is 3.18. The third-order valence-electron chi connectivity index (χ3n) is 5.22. The molecule has 3 amide bonds. The van der Waals surface area contributed by atoms with E-state index in [1.807, 2.05) is 44.2 Å². The quantitative estimate of drug-likeness (QED) is 0.521. The zero-order chi connectivity index (χ0) is 22.5. The molecule has 0 radical (unpaired) electrons. The minimum Gasteiger partial charge on any atom is -0.453 e. The number of fused-ring (bicyclic) bond motifs is 1. The number of benzene rings is 2. The topological polar surface area (TPSA) is 92.8 Å². The number of nitrogens with one attached hydrogen (secondary N) is 1. The van der Waals surface area contributed by atoms with Gasteiger partial charge in [0.25, 0.3) is 17.7 Å². The summed E-state index contributed by atoms with van der Waals surface area (Å²) in [5, 5.41) is 2.81. The summed E-state index contributed by atoms with van der Waals surface area (Å²) >= 11 is 0. The largest absolute Gasteiger partial charge is 0.453 e. The van der Waals surface area contributed by atoms with Crippen LogP contribution in [0, 0.1) is 6.92 Å². The molecule has 1 aliphatic rings. The minimum atomic E-state index is -0.944. The first-order valence-corrected chi connectivity index (χ1v) is 10.3. The van der Waals surface area contributed by atoms with E-state index in [2.05, 4.69) is 5.32 Å². The van der Waals surface area contributed by atoms with Crippen molar-refractivity contribution in [3.05, 3.63) is 70.8 Å². The van der Waals surface area contributed by atoms with E-state index in [1.54, 1.807) is 18.2 Å². The second kappa shape index (κ2) is 9.55. The van der Waals surface area contributed by atoms with Gasteiger partial charge in [-0.15, -0.1) is 0 Å². The molecule has 0 saturated heterocycles. The number of carbonyl (C=O) groups excluding carboxylic acids is 4. The van der Waals surface area contributed by atoms with Crippen molar-refractivity contribution in [3.8, 4) is 0 Å². The molecule has 3 rings (SSSR count). The molecule has 0 aliphatic carbocycles. The lowest BCUT2D eigenvalue weighted by Gasteiger charge is -2.18. The van der Waals surface area contributed by atoms with Gasteiger partial charge >= 0.3 is 5.97 Å². The second-order valence-corrected chi connectivity index (χ2v) is 7.69. The first-order valence-electron chi connectivity index (χ1n) is 10.3. The van der Waals surface area contributed by atoms with Gasteiger partial charge in [0, 0.05) is 13.0 Å². The molecule has 0 saturated carbocycles. The van der Waals surface area contributed by atoms with Crippen molar-refractivity contribution in [2.24, 2.45) is 0 Å². The lowest BCUT2D eigenvalue weighted by molar-refractivity contribution is -0.155. The monoisotopic (exact) mass is 422 g/mol. The molecular formula is C24H26N2O5. The Balaban J connectivity index is 1.44. The van der Waals surface area contributed by atoms with Crippen molar-refractivity contribution in [3.63, 3.8) is 0 Å². The van der Waals surface area contributed by atoms with E-state index in [1.165, 1.54) is 6.92 Å². The summed E-state index contributed by atoms with van der Waals surface area (Å²) in [6.45, 7) is 5.34. The maximum absolute atomic E-state index is 12.5. The SMILES string of the molecule is Cc1ccc2c(c1)C(=O)N(CCCC(=O)OC(C)C(=O)NC(C)c1ccccc1)C2=O. The molecule has 2 aromatic rings. The van der Waals surface area contributed by atoms with Gasteiger partial charge in [-0.3, -0.25) is 24.1 Å². The molecule has 31 heavy (non-hydrogen) atoms. The van der Waals surface area contributed by atoms with Gasteiger partial charge in [-0.05, 0) is 44.9 Å². The number of hydrogen-bond acceptors (Lipinski definition) is 5. The first-order chi connectivity index (χ1) is 14.8. The Kier molecular flexibility index (Phi) is 6.84. The predicted molar refractivity (Wildman–Crippen MR) is 114 cm³/mol. The summed E-state index contributed by atoms with van der Waals surface area (Å²) in [5.74, 6) is -1.64. The second-order valence-electron chi connectivity index (χ2n) is 7.69. The van der Waals surface area contributed by atoms with Crippen molar-refractivity contribution >= 4 is 23.7 Å². The zero-order valence-electron chi connectivity index (χ0n) is 17.9. The van der Waals surface area contributed by atoms with Crippen LogP contribution >= 0.6 is 0 Å². The molecule has 7 nitrogen and oxygen atoms in total. The minimum absolute atomic E-state index is 0.00169. The molecule has 1 N–H and O–H groups in total. The summed E-state index contributed by atoms with van der Waals surface area (Å²) in [6.07, 6.45) is -0.683. The number of aryl methyl sites for hydroxylation is 1. The van der Waals surface area contributed by atoms with Gasteiger partial charge in [0.15, 0.2) is 6.10 Å². The van der Waals surface area contributed by atoms with Gasteiger partial charge in [0.1, 0.15) is 0 Å². The number of esters is 1. The number of ether oxygens (including phenoxy) is 1. The molecule has 1 heterocycles. The maximum Gasteiger partial charge on any atom is 0.306 e. The van der Waals surface area contributed by atoms with E-state index in [-0.39, 0.29) is 43.1 Å². The Labute approximate surface area is 181 Å².